The molecule has 1 heterocycles. The molecule has 0 aromatic rings. The number of rotatable bonds is 4. The third-order valence-electron chi connectivity index (χ3n) is 3.48. The highest BCUT2D eigenvalue weighted by atomic mass is 16.4. The molecule has 1 saturated carbocycles. The van der Waals surface area contributed by atoms with Crippen LogP contribution in [-0.4, -0.2) is 40.0 Å². The Morgan fingerprint density at radius 3 is 2.59 bits per heavy atom. The standard InChI is InChI=1S/C11H16N2O4/c14-8(15)4-3-7-13-9(16)11(12-10(13)17)5-1-2-6-11/h1-7H2,(H,12,17)(H,14,15). The van der Waals surface area contributed by atoms with Crippen LogP contribution in [0.25, 0.3) is 0 Å². The van der Waals surface area contributed by atoms with Gasteiger partial charge in [-0.1, -0.05) is 12.8 Å². The van der Waals surface area contributed by atoms with Crippen molar-refractivity contribution >= 4 is 17.9 Å². The Morgan fingerprint density at radius 2 is 2.00 bits per heavy atom. The second kappa shape index (κ2) is 4.35. The fourth-order valence-corrected chi connectivity index (χ4v) is 2.59. The SMILES string of the molecule is O=C(O)CCCN1C(=O)NC2(CCCC2)C1=O. The molecule has 2 rings (SSSR count). The van der Waals surface area contributed by atoms with Gasteiger partial charge >= 0.3 is 12.0 Å². The predicted octanol–water partition coefficient (Wildman–Crippen LogP) is 0.716. The van der Waals surface area contributed by atoms with E-state index in [1.54, 1.807) is 0 Å². The molecule has 17 heavy (non-hydrogen) atoms. The van der Waals surface area contributed by atoms with E-state index in [2.05, 4.69) is 5.32 Å². The first kappa shape index (κ1) is 11.9. The van der Waals surface area contributed by atoms with Crippen LogP contribution in [0.2, 0.25) is 0 Å². The predicted molar refractivity (Wildman–Crippen MR) is 58.3 cm³/mol. The summed E-state index contributed by atoms with van der Waals surface area (Å²) in [4.78, 5) is 35.3. The summed E-state index contributed by atoms with van der Waals surface area (Å²) < 4.78 is 0. The van der Waals surface area contributed by atoms with Gasteiger partial charge in [-0.3, -0.25) is 14.5 Å². The Labute approximate surface area is 99.0 Å². The maximum atomic E-state index is 12.1. The molecule has 94 valence electrons. The normalized spacial score (nSPS) is 22.2. The first-order valence-corrected chi connectivity index (χ1v) is 5.91. The van der Waals surface area contributed by atoms with E-state index in [0.717, 1.165) is 17.7 Å². The minimum Gasteiger partial charge on any atom is -0.481 e. The monoisotopic (exact) mass is 240 g/mol. The number of hydrogen-bond acceptors (Lipinski definition) is 3. The smallest absolute Gasteiger partial charge is 0.325 e. The van der Waals surface area contributed by atoms with Crippen molar-refractivity contribution in [2.45, 2.75) is 44.1 Å². The van der Waals surface area contributed by atoms with Crippen molar-refractivity contribution in [2.75, 3.05) is 6.54 Å². The van der Waals surface area contributed by atoms with Crippen LogP contribution in [0.1, 0.15) is 38.5 Å². The highest BCUT2D eigenvalue weighted by molar-refractivity contribution is 6.07. The minimum atomic E-state index is -0.910. The molecule has 1 spiro atoms. The van der Waals surface area contributed by atoms with Gasteiger partial charge in [0.1, 0.15) is 5.54 Å². The van der Waals surface area contributed by atoms with Gasteiger partial charge in [-0.25, -0.2) is 4.79 Å². The summed E-state index contributed by atoms with van der Waals surface area (Å²) in [5, 5.41) is 11.3. The highest BCUT2D eigenvalue weighted by Gasteiger charge is 2.51. The molecule has 0 aromatic carbocycles. The topological polar surface area (TPSA) is 86.7 Å². The minimum absolute atomic E-state index is 0.0237. The Bertz CT molecular complexity index is 360. The van der Waals surface area contributed by atoms with E-state index in [-0.39, 0.29) is 24.9 Å². The van der Waals surface area contributed by atoms with Crippen LogP contribution in [-0.2, 0) is 9.59 Å². The van der Waals surface area contributed by atoms with Crippen molar-refractivity contribution in [2.24, 2.45) is 0 Å². The lowest BCUT2D eigenvalue weighted by molar-refractivity contribution is -0.138. The van der Waals surface area contributed by atoms with Gasteiger partial charge in [-0.15, -0.1) is 0 Å². The summed E-state index contributed by atoms with van der Waals surface area (Å²) in [6.45, 7) is 0.193. The van der Waals surface area contributed by atoms with Gasteiger partial charge in [-0.05, 0) is 19.3 Å². The maximum Gasteiger partial charge on any atom is 0.325 e. The number of urea groups is 1. The zero-order valence-electron chi connectivity index (χ0n) is 9.57. The van der Waals surface area contributed by atoms with E-state index in [0.29, 0.717) is 19.3 Å². The van der Waals surface area contributed by atoms with Crippen molar-refractivity contribution < 1.29 is 19.5 Å². The number of carboxylic acids is 1. The summed E-state index contributed by atoms with van der Waals surface area (Å²) in [5.74, 6) is -1.09. The van der Waals surface area contributed by atoms with Gasteiger partial charge in [0.2, 0.25) is 0 Å². The average molecular weight is 240 g/mol. The number of carboxylic acid groups (broad SMARTS) is 1. The first-order chi connectivity index (χ1) is 8.05. The lowest BCUT2D eigenvalue weighted by Gasteiger charge is -2.19. The van der Waals surface area contributed by atoms with Crippen LogP contribution in [0.5, 0.6) is 0 Å². The molecular formula is C11H16N2O4. The van der Waals surface area contributed by atoms with Crippen LogP contribution in [0, 0.1) is 0 Å². The van der Waals surface area contributed by atoms with Crippen molar-refractivity contribution in [3.8, 4) is 0 Å². The number of hydrogen-bond donors (Lipinski definition) is 2. The van der Waals surface area contributed by atoms with Crippen LogP contribution in [0.4, 0.5) is 4.79 Å². The number of carbonyl (C=O) groups is 3. The van der Waals surface area contributed by atoms with Crippen molar-refractivity contribution in [3.63, 3.8) is 0 Å². The van der Waals surface area contributed by atoms with Crippen molar-refractivity contribution in [3.05, 3.63) is 0 Å². The van der Waals surface area contributed by atoms with Crippen LogP contribution < -0.4 is 5.32 Å². The van der Waals surface area contributed by atoms with Gasteiger partial charge in [0.05, 0.1) is 0 Å². The molecule has 0 bridgehead atoms. The third-order valence-corrected chi connectivity index (χ3v) is 3.48. The molecule has 0 radical (unpaired) electrons. The lowest BCUT2D eigenvalue weighted by atomic mass is 9.98. The van der Waals surface area contributed by atoms with Crippen LogP contribution in [0.3, 0.4) is 0 Å². The summed E-state index contributed by atoms with van der Waals surface area (Å²) in [6.07, 6.45) is 3.60. The molecule has 1 saturated heterocycles. The Hall–Kier alpha value is -1.59. The average Bonchev–Trinajstić information content (AvgIpc) is 2.80. The number of amides is 3. The molecule has 2 aliphatic rings. The quantitative estimate of drug-likeness (QED) is 0.709. The first-order valence-electron chi connectivity index (χ1n) is 5.91. The van der Waals surface area contributed by atoms with E-state index in [1.807, 2.05) is 0 Å². The van der Waals surface area contributed by atoms with E-state index in [1.165, 1.54) is 0 Å². The number of aliphatic carboxylic acids is 1. The maximum absolute atomic E-state index is 12.1. The molecule has 2 N–H and O–H groups in total. The molecule has 0 aromatic heterocycles. The summed E-state index contributed by atoms with van der Waals surface area (Å²) in [5.41, 5.74) is -0.680. The molecular weight excluding hydrogens is 224 g/mol. The lowest BCUT2D eigenvalue weighted by Crippen LogP contribution is -2.44. The highest BCUT2D eigenvalue weighted by Crippen LogP contribution is 2.34. The molecule has 0 unspecified atom stereocenters. The van der Waals surface area contributed by atoms with E-state index in [9.17, 15) is 14.4 Å². The summed E-state index contributed by atoms with van der Waals surface area (Å²) in [6, 6.07) is -0.373. The Kier molecular flexibility index (Phi) is 3.04. The number of carbonyl (C=O) groups excluding carboxylic acids is 2. The second-order valence-corrected chi connectivity index (χ2v) is 4.67. The summed E-state index contributed by atoms with van der Waals surface area (Å²) in [7, 11) is 0. The third kappa shape index (κ3) is 2.11. The molecule has 1 aliphatic heterocycles. The largest absolute Gasteiger partial charge is 0.481 e. The van der Waals surface area contributed by atoms with E-state index >= 15 is 0 Å². The summed E-state index contributed by atoms with van der Waals surface area (Å²) >= 11 is 0. The molecule has 6 heteroatoms. The van der Waals surface area contributed by atoms with Gasteiger partial charge < -0.3 is 10.4 Å². The number of nitrogens with zero attached hydrogens (tertiary/aromatic N) is 1. The molecule has 2 fully saturated rings. The second-order valence-electron chi connectivity index (χ2n) is 4.67. The van der Waals surface area contributed by atoms with Crippen LogP contribution >= 0.6 is 0 Å². The van der Waals surface area contributed by atoms with E-state index < -0.39 is 11.5 Å². The molecule has 1 aliphatic carbocycles. The Balaban J connectivity index is 1.97. The molecule has 6 nitrogen and oxygen atoms in total. The van der Waals surface area contributed by atoms with Gasteiger partial charge in [0.25, 0.3) is 5.91 Å². The number of imide groups is 1. The van der Waals surface area contributed by atoms with Crippen molar-refractivity contribution in [1.29, 1.82) is 0 Å². The van der Waals surface area contributed by atoms with Gasteiger partial charge in [-0.2, -0.15) is 0 Å². The fraction of sp³-hybridized carbons (Fsp3) is 0.727. The Morgan fingerprint density at radius 1 is 1.35 bits per heavy atom. The zero-order chi connectivity index (χ0) is 12.5. The zero-order valence-corrected chi connectivity index (χ0v) is 9.57. The van der Waals surface area contributed by atoms with Gasteiger partial charge in [0, 0.05) is 13.0 Å². The van der Waals surface area contributed by atoms with Crippen molar-refractivity contribution in [1.82, 2.24) is 10.2 Å². The fourth-order valence-electron chi connectivity index (χ4n) is 2.59. The van der Waals surface area contributed by atoms with E-state index in [4.69, 9.17) is 5.11 Å². The van der Waals surface area contributed by atoms with Gasteiger partial charge in [0.15, 0.2) is 0 Å². The van der Waals surface area contributed by atoms with Crippen LogP contribution in [0.15, 0.2) is 0 Å². The number of nitrogens with one attached hydrogen (secondary N) is 1. The molecule has 0 atom stereocenters. The molecule has 3 amide bonds.